The SMILES string of the molecule is O=C1Nc2ccccc2N(CCCCCCN2CCCC2)c2ccccc21. The highest BCUT2D eigenvalue weighted by Gasteiger charge is 2.24. The Balaban J connectivity index is 1.40. The number of amides is 1. The van der Waals surface area contributed by atoms with Gasteiger partial charge in [-0.25, -0.2) is 0 Å². The number of carbonyl (C=O) groups excluding carboxylic acids is 1. The van der Waals surface area contributed by atoms with Crippen LogP contribution in [0.3, 0.4) is 0 Å². The summed E-state index contributed by atoms with van der Waals surface area (Å²) >= 11 is 0. The zero-order valence-corrected chi connectivity index (χ0v) is 16.0. The highest BCUT2D eigenvalue weighted by atomic mass is 16.1. The number of benzene rings is 2. The van der Waals surface area contributed by atoms with Gasteiger partial charge < -0.3 is 15.1 Å². The van der Waals surface area contributed by atoms with Crippen LogP contribution in [0.2, 0.25) is 0 Å². The van der Waals surface area contributed by atoms with E-state index in [-0.39, 0.29) is 5.91 Å². The normalized spacial score (nSPS) is 16.6. The average Bonchev–Trinajstić information content (AvgIpc) is 3.18. The maximum atomic E-state index is 12.6. The smallest absolute Gasteiger partial charge is 0.257 e. The van der Waals surface area contributed by atoms with Crippen molar-refractivity contribution >= 4 is 23.0 Å². The predicted octanol–water partition coefficient (Wildman–Crippen LogP) is 5.05. The zero-order chi connectivity index (χ0) is 18.5. The predicted molar refractivity (Wildman–Crippen MR) is 112 cm³/mol. The highest BCUT2D eigenvalue weighted by molar-refractivity contribution is 6.12. The topological polar surface area (TPSA) is 35.6 Å². The number of anilines is 3. The van der Waals surface area contributed by atoms with Gasteiger partial charge in [0.25, 0.3) is 5.91 Å². The molecule has 27 heavy (non-hydrogen) atoms. The van der Waals surface area contributed by atoms with Crippen molar-refractivity contribution in [3.63, 3.8) is 0 Å². The molecule has 2 aromatic rings. The molecule has 1 N–H and O–H groups in total. The van der Waals surface area contributed by atoms with E-state index in [1.54, 1.807) is 0 Å². The molecule has 0 spiro atoms. The summed E-state index contributed by atoms with van der Waals surface area (Å²) in [5.74, 6) is -0.0221. The number of para-hydroxylation sites is 3. The molecule has 2 heterocycles. The Morgan fingerprint density at radius 1 is 0.778 bits per heavy atom. The molecule has 0 radical (unpaired) electrons. The van der Waals surface area contributed by atoms with E-state index in [1.807, 2.05) is 36.4 Å². The van der Waals surface area contributed by atoms with Gasteiger partial charge >= 0.3 is 0 Å². The maximum absolute atomic E-state index is 12.6. The number of hydrogen-bond donors (Lipinski definition) is 1. The molecule has 0 aromatic heterocycles. The van der Waals surface area contributed by atoms with E-state index >= 15 is 0 Å². The molecular weight excluding hydrogens is 334 g/mol. The van der Waals surface area contributed by atoms with Crippen molar-refractivity contribution in [1.29, 1.82) is 0 Å². The van der Waals surface area contributed by atoms with Crippen LogP contribution in [0.1, 0.15) is 48.9 Å². The number of rotatable bonds is 7. The van der Waals surface area contributed by atoms with E-state index < -0.39 is 0 Å². The molecule has 2 aliphatic rings. The highest BCUT2D eigenvalue weighted by Crippen LogP contribution is 2.37. The van der Waals surface area contributed by atoms with Crippen molar-refractivity contribution in [1.82, 2.24) is 4.90 Å². The molecule has 142 valence electrons. The summed E-state index contributed by atoms with van der Waals surface area (Å²) in [4.78, 5) is 17.5. The van der Waals surface area contributed by atoms with Crippen molar-refractivity contribution in [2.75, 3.05) is 36.4 Å². The number of hydrogen-bond acceptors (Lipinski definition) is 3. The molecule has 0 aliphatic carbocycles. The fourth-order valence-corrected chi connectivity index (χ4v) is 4.24. The van der Waals surface area contributed by atoms with Crippen LogP contribution in [0.15, 0.2) is 48.5 Å². The first-order valence-corrected chi connectivity index (χ1v) is 10.3. The van der Waals surface area contributed by atoms with Crippen LogP contribution in [0.5, 0.6) is 0 Å². The Kier molecular flexibility index (Phi) is 5.73. The van der Waals surface area contributed by atoms with E-state index in [0.717, 1.165) is 35.6 Å². The quantitative estimate of drug-likeness (QED) is 0.700. The molecule has 2 aliphatic heterocycles. The lowest BCUT2D eigenvalue weighted by atomic mass is 10.1. The van der Waals surface area contributed by atoms with Gasteiger partial charge in [0.2, 0.25) is 0 Å². The molecule has 4 nitrogen and oxygen atoms in total. The van der Waals surface area contributed by atoms with Gasteiger partial charge in [-0.1, -0.05) is 37.1 Å². The number of fused-ring (bicyclic) bond motifs is 2. The first-order valence-electron chi connectivity index (χ1n) is 10.3. The van der Waals surface area contributed by atoms with Crippen molar-refractivity contribution in [3.05, 3.63) is 54.1 Å². The van der Waals surface area contributed by atoms with Gasteiger partial charge in [0.05, 0.1) is 22.6 Å². The minimum Gasteiger partial charge on any atom is -0.339 e. The van der Waals surface area contributed by atoms with Crippen LogP contribution < -0.4 is 10.2 Å². The van der Waals surface area contributed by atoms with Gasteiger partial charge in [0.15, 0.2) is 0 Å². The summed E-state index contributed by atoms with van der Waals surface area (Å²) in [6.07, 6.45) is 7.70. The van der Waals surface area contributed by atoms with E-state index in [9.17, 15) is 4.79 Å². The number of nitrogens with one attached hydrogen (secondary N) is 1. The van der Waals surface area contributed by atoms with Crippen LogP contribution >= 0.6 is 0 Å². The van der Waals surface area contributed by atoms with Crippen LogP contribution in [-0.2, 0) is 0 Å². The molecule has 4 rings (SSSR count). The molecule has 0 atom stereocenters. The molecule has 1 amide bonds. The van der Waals surface area contributed by atoms with Gasteiger partial charge in [-0.05, 0) is 69.6 Å². The largest absolute Gasteiger partial charge is 0.339 e. The molecule has 0 unspecified atom stereocenters. The first kappa shape index (κ1) is 18.1. The summed E-state index contributed by atoms with van der Waals surface area (Å²) in [5, 5.41) is 3.06. The van der Waals surface area contributed by atoms with Gasteiger partial charge in [-0.2, -0.15) is 0 Å². The fourth-order valence-electron chi connectivity index (χ4n) is 4.24. The third-order valence-electron chi connectivity index (χ3n) is 5.69. The van der Waals surface area contributed by atoms with Gasteiger partial charge in [-0.3, -0.25) is 4.79 Å². The van der Waals surface area contributed by atoms with Crippen LogP contribution in [0.4, 0.5) is 17.1 Å². The van der Waals surface area contributed by atoms with Crippen LogP contribution in [0.25, 0.3) is 0 Å². The summed E-state index contributed by atoms with van der Waals surface area (Å²) in [6.45, 7) is 4.78. The fraction of sp³-hybridized carbons (Fsp3) is 0.435. The summed E-state index contributed by atoms with van der Waals surface area (Å²) in [6, 6.07) is 16.0. The van der Waals surface area contributed by atoms with Crippen LogP contribution in [0, 0.1) is 0 Å². The Morgan fingerprint density at radius 3 is 2.26 bits per heavy atom. The molecule has 1 fully saturated rings. The number of carbonyl (C=O) groups is 1. The Labute approximate surface area is 162 Å². The molecule has 1 saturated heterocycles. The third-order valence-corrected chi connectivity index (χ3v) is 5.69. The standard InChI is InChI=1S/C23H29N3O/c27-23-19-11-3-5-13-21(19)26(22-14-6-4-12-20(22)24-23)18-8-2-1-7-15-25-16-9-10-17-25/h3-6,11-14H,1-2,7-10,15-18H2,(H,24,27). The molecule has 0 bridgehead atoms. The minimum atomic E-state index is -0.0221. The molecular formula is C23H29N3O. The average molecular weight is 364 g/mol. The first-order chi connectivity index (χ1) is 13.3. The third kappa shape index (κ3) is 4.16. The van der Waals surface area contributed by atoms with Crippen molar-refractivity contribution in [2.45, 2.75) is 38.5 Å². The van der Waals surface area contributed by atoms with E-state index in [4.69, 9.17) is 0 Å². The second-order valence-corrected chi connectivity index (χ2v) is 7.60. The molecule has 2 aromatic carbocycles. The zero-order valence-electron chi connectivity index (χ0n) is 16.0. The monoisotopic (exact) mass is 363 g/mol. The second-order valence-electron chi connectivity index (χ2n) is 7.60. The van der Waals surface area contributed by atoms with E-state index in [1.165, 1.54) is 51.7 Å². The number of unbranched alkanes of at least 4 members (excludes halogenated alkanes) is 3. The van der Waals surface area contributed by atoms with Crippen molar-refractivity contribution < 1.29 is 4.79 Å². The lowest BCUT2D eigenvalue weighted by Gasteiger charge is -2.26. The summed E-state index contributed by atoms with van der Waals surface area (Å²) < 4.78 is 0. The van der Waals surface area contributed by atoms with Gasteiger partial charge in [-0.15, -0.1) is 0 Å². The number of likely N-dealkylation sites (tertiary alicyclic amines) is 1. The summed E-state index contributed by atoms with van der Waals surface area (Å²) in [5.41, 5.74) is 3.75. The molecule has 0 saturated carbocycles. The van der Waals surface area contributed by atoms with E-state index in [0.29, 0.717) is 0 Å². The van der Waals surface area contributed by atoms with Gasteiger partial charge in [0.1, 0.15) is 0 Å². The molecule has 4 heteroatoms. The van der Waals surface area contributed by atoms with Crippen molar-refractivity contribution in [2.24, 2.45) is 0 Å². The summed E-state index contributed by atoms with van der Waals surface area (Å²) in [7, 11) is 0. The lowest BCUT2D eigenvalue weighted by Crippen LogP contribution is -2.21. The van der Waals surface area contributed by atoms with E-state index in [2.05, 4.69) is 27.2 Å². The Morgan fingerprint density at radius 2 is 1.44 bits per heavy atom. The number of nitrogens with zero attached hydrogens (tertiary/aromatic N) is 2. The Hall–Kier alpha value is -2.33. The minimum absolute atomic E-state index is 0.0221. The van der Waals surface area contributed by atoms with Crippen molar-refractivity contribution in [3.8, 4) is 0 Å². The second kappa shape index (κ2) is 8.57. The van der Waals surface area contributed by atoms with Crippen LogP contribution in [-0.4, -0.2) is 37.0 Å². The lowest BCUT2D eigenvalue weighted by molar-refractivity contribution is 0.102. The maximum Gasteiger partial charge on any atom is 0.257 e. The Bertz CT molecular complexity index is 783. The van der Waals surface area contributed by atoms with Gasteiger partial charge in [0, 0.05) is 6.54 Å².